The first-order valence-electron chi connectivity index (χ1n) is 6.63. The Bertz CT molecular complexity index is 331. The summed E-state index contributed by atoms with van der Waals surface area (Å²) in [5.41, 5.74) is 1.15. The number of likely N-dealkylation sites (N-methyl/N-ethyl adjacent to an activating group) is 1. The zero-order valence-corrected chi connectivity index (χ0v) is 10.9. The third-order valence-corrected chi connectivity index (χ3v) is 3.33. The molecule has 0 radical (unpaired) electrons. The smallest absolute Gasteiger partial charge is 0.0731 e. The molecule has 0 spiro atoms. The van der Waals surface area contributed by atoms with Gasteiger partial charge in [0.2, 0.25) is 0 Å². The van der Waals surface area contributed by atoms with Gasteiger partial charge in [0.25, 0.3) is 0 Å². The molecule has 0 bridgehead atoms. The van der Waals surface area contributed by atoms with Gasteiger partial charge >= 0.3 is 0 Å². The van der Waals surface area contributed by atoms with Gasteiger partial charge < -0.3 is 10.1 Å². The van der Waals surface area contributed by atoms with Crippen molar-refractivity contribution in [3.05, 3.63) is 18.0 Å². The van der Waals surface area contributed by atoms with E-state index in [9.17, 15) is 0 Å². The molecule has 4 nitrogen and oxygen atoms in total. The van der Waals surface area contributed by atoms with Gasteiger partial charge in [-0.2, -0.15) is 5.10 Å². The normalized spacial score (nSPS) is 22.6. The van der Waals surface area contributed by atoms with E-state index in [-0.39, 0.29) is 0 Å². The summed E-state index contributed by atoms with van der Waals surface area (Å²) in [6.45, 7) is 4.04. The van der Waals surface area contributed by atoms with Crippen LogP contribution in [-0.4, -0.2) is 35.1 Å². The Balaban J connectivity index is 1.95. The number of nitrogens with one attached hydrogen (secondary N) is 1. The zero-order chi connectivity index (χ0) is 12.1. The summed E-state index contributed by atoms with van der Waals surface area (Å²) in [7, 11) is 1.96. The van der Waals surface area contributed by atoms with Gasteiger partial charge in [-0.1, -0.05) is 6.92 Å². The molecule has 0 saturated carbocycles. The molecule has 1 aromatic rings. The maximum absolute atomic E-state index is 5.87. The second kappa shape index (κ2) is 6.17. The van der Waals surface area contributed by atoms with E-state index in [2.05, 4.69) is 23.4 Å². The number of hydrogen-bond acceptors (Lipinski definition) is 3. The van der Waals surface area contributed by atoms with Crippen LogP contribution < -0.4 is 5.32 Å². The van der Waals surface area contributed by atoms with Crippen molar-refractivity contribution in [1.82, 2.24) is 15.1 Å². The first-order valence-corrected chi connectivity index (χ1v) is 6.63. The molecule has 1 saturated heterocycles. The van der Waals surface area contributed by atoms with Crippen LogP contribution in [-0.2, 0) is 18.2 Å². The molecule has 1 aromatic heterocycles. The lowest BCUT2D eigenvalue weighted by Crippen LogP contribution is -2.44. The highest BCUT2D eigenvalue weighted by Gasteiger charge is 2.24. The molecule has 2 heterocycles. The molecule has 96 valence electrons. The summed E-state index contributed by atoms with van der Waals surface area (Å²) in [5, 5.41) is 7.98. The fourth-order valence-electron chi connectivity index (χ4n) is 2.48. The summed E-state index contributed by atoms with van der Waals surface area (Å²) in [5.74, 6) is 0. The molecule has 4 heteroatoms. The van der Waals surface area contributed by atoms with Crippen molar-refractivity contribution in [2.24, 2.45) is 7.05 Å². The van der Waals surface area contributed by atoms with Crippen LogP contribution in [0.3, 0.4) is 0 Å². The van der Waals surface area contributed by atoms with Crippen LogP contribution in [0.25, 0.3) is 0 Å². The maximum atomic E-state index is 5.87. The number of rotatable bonds is 5. The van der Waals surface area contributed by atoms with E-state index < -0.39 is 0 Å². The van der Waals surface area contributed by atoms with E-state index in [0.717, 1.165) is 25.3 Å². The van der Waals surface area contributed by atoms with Crippen LogP contribution in [0, 0.1) is 0 Å². The standard InChI is InChI=1S/C13H23N3O/c1-3-14-12(13-6-4-5-9-17-13)10-11-7-8-16(2)15-11/h7-8,12-14H,3-6,9-10H2,1-2H3. The molecule has 1 aliphatic rings. The summed E-state index contributed by atoms with van der Waals surface area (Å²) in [6.07, 6.45) is 6.98. The lowest BCUT2D eigenvalue weighted by Gasteiger charge is -2.30. The van der Waals surface area contributed by atoms with Crippen LogP contribution in [0.2, 0.25) is 0 Å². The molecular formula is C13H23N3O. The third kappa shape index (κ3) is 3.54. The molecule has 1 N–H and O–H groups in total. The number of hydrogen-bond donors (Lipinski definition) is 1. The molecule has 0 aromatic carbocycles. The molecule has 0 amide bonds. The number of aryl methyl sites for hydroxylation is 1. The van der Waals surface area contributed by atoms with Gasteiger partial charge in [-0.05, 0) is 31.9 Å². The number of ether oxygens (including phenoxy) is 1. The fraction of sp³-hybridized carbons (Fsp3) is 0.769. The predicted octanol–water partition coefficient (Wildman–Crippen LogP) is 1.51. The first kappa shape index (κ1) is 12.6. The average Bonchev–Trinajstić information content (AvgIpc) is 2.75. The molecule has 0 aliphatic carbocycles. The van der Waals surface area contributed by atoms with Gasteiger partial charge in [0.05, 0.1) is 11.8 Å². The van der Waals surface area contributed by atoms with Crippen LogP contribution in [0.15, 0.2) is 12.3 Å². The Morgan fingerprint density at radius 1 is 1.59 bits per heavy atom. The summed E-state index contributed by atoms with van der Waals surface area (Å²) in [4.78, 5) is 0. The Hall–Kier alpha value is -0.870. The monoisotopic (exact) mass is 237 g/mol. The van der Waals surface area contributed by atoms with Gasteiger partial charge in [-0.3, -0.25) is 4.68 Å². The van der Waals surface area contributed by atoms with Crippen LogP contribution in [0.4, 0.5) is 0 Å². The van der Waals surface area contributed by atoms with Gasteiger partial charge in [-0.15, -0.1) is 0 Å². The molecule has 2 atom stereocenters. The first-order chi connectivity index (χ1) is 8.29. The van der Waals surface area contributed by atoms with Gasteiger partial charge in [0.1, 0.15) is 0 Å². The van der Waals surface area contributed by atoms with Gasteiger partial charge in [0, 0.05) is 32.3 Å². The van der Waals surface area contributed by atoms with Crippen molar-refractivity contribution in [3.8, 4) is 0 Å². The van der Waals surface area contributed by atoms with E-state index in [1.54, 1.807) is 0 Å². The lowest BCUT2D eigenvalue weighted by molar-refractivity contribution is -0.00729. The largest absolute Gasteiger partial charge is 0.377 e. The van der Waals surface area contributed by atoms with E-state index in [1.165, 1.54) is 19.3 Å². The van der Waals surface area contributed by atoms with Gasteiger partial charge in [-0.25, -0.2) is 0 Å². The van der Waals surface area contributed by atoms with Crippen molar-refractivity contribution < 1.29 is 4.74 Å². The molecule has 1 aliphatic heterocycles. The van der Waals surface area contributed by atoms with Crippen LogP contribution >= 0.6 is 0 Å². The second-order valence-corrected chi connectivity index (χ2v) is 4.75. The predicted molar refractivity (Wildman–Crippen MR) is 68.0 cm³/mol. The minimum absolute atomic E-state index is 0.353. The Morgan fingerprint density at radius 3 is 3.06 bits per heavy atom. The SMILES string of the molecule is CCNC(Cc1ccn(C)n1)C1CCCCO1. The Labute approximate surface area is 103 Å². The van der Waals surface area contributed by atoms with E-state index in [4.69, 9.17) is 4.74 Å². The molecular weight excluding hydrogens is 214 g/mol. The summed E-state index contributed by atoms with van der Waals surface area (Å²) < 4.78 is 7.74. The van der Waals surface area contributed by atoms with Crippen molar-refractivity contribution in [3.63, 3.8) is 0 Å². The summed E-state index contributed by atoms with van der Waals surface area (Å²) in [6, 6.07) is 2.49. The van der Waals surface area contributed by atoms with Crippen LogP contribution in [0.5, 0.6) is 0 Å². The Morgan fingerprint density at radius 2 is 2.47 bits per heavy atom. The second-order valence-electron chi connectivity index (χ2n) is 4.75. The molecule has 1 fully saturated rings. The average molecular weight is 237 g/mol. The molecule has 2 rings (SSSR count). The molecule has 2 unspecified atom stereocenters. The van der Waals surface area contributed by atoms with E-state index in [0.29, 0.717) is 12.1 Å². The summed E-state index contributed by atoms with van der Waals surface area (Å²) >= 11 is 0. The minimum Gasteiger partial charge on any atom is -0.377 e. The highest BCUT2D eigenvalue weighted by molar-refractivity contribution is 5.02. The van der Waals surface area contributed by atoms with E-state index >= 15 is 0 Å². The quantitative estimate of drug-likeness (QED) is 0.843. The van der Waals surface area contributed by atoms with Crippen molar-refractivity contribution in [2.75, 3.05) is 13.2 Å². The van der Waals surface area contributed by atoms with Crippen molar-refractivity contribution in [1.29, 1.82) is 0 Å². The third-order valence-electron chi connectivity index (χ3n) is 3.33. The maximum Gasteiger partial charge on any atom is 0.0731 e. The minimum atomic E-state index is 0.353. The van der Waals surface area contributed by atoms with Crippen molar-refractivity contribution in [2.45, 2.75) is 44.8 Å². The van der Waals surface area contributed by atoms with Gasteiger partial charge in [0.15, 0.2) is 0 Å². The van der Waals surface area contributed by atoms with Crippen LogP contribution in [0.1, 0.15) is 31.9 Å². The highest BCUT2D eigenvalue weighted by Crippen LogP contribution is 2.18. The highest BCUT2D eigenvalue weighted by atomic mass is 16.5. The zero-order valence-electron chi connectivity index (χ0n) is 10.9. The topological polar surface area (TPSA) is 39.1 Å². The number of aromatic nitrogens is 2. The van der Waals surface area contributed by atoms with Crippen molar-refractivity contribution >= 4 is 0 Å². The fourth-order valence-corrected chi connectivity index (χ4v) is 2.48. The lowest BCUT2D eigenvalue weighted by atomic mass is 9.98. The molecule has 17 heavy (non-hydrogen) atoms. The Kier molecular flexibility index (Phi) is 4.57. The van der Waals surface area contributed by atoms with E-state index in [1.807, 2.05) is 17.9 Å². The number of nitrogens with zero attached hydrogens (tertiary/aromatic N) is 2.